The normalized spacial score (nSPS) is 12.4. The molecule has 0 saturated carbocycles. The molecule has 2 amide bonds. The number of ether oxygens (including phenoxy) is 1. The van der Waals surface area contributed by atoms with Gasteiger partial charge in [-0.05, 0) is 45.4 Å². The zero-order valence-corrected chi connectivity index (χ0v) is 17.8. The van der Waals surface area contributed by atoms with Crippen LogP contribution < -0.4 is 10.6 Å². The Balaban J connectivity index is 1.66. The summed E-state index contributed by atoms with van der Waals surface area (Å²) in [6.07, 6.45) is 3.82. The highest BCUT2D eigenvalue weighted by atomic mass is 16.6. The molecule has 0 unspecified atom stereocenters. The third kappa shape index (κ3) is 5.83. The first kappa shape index (κ1) is 21.4. The number of aromatic nitrogens is 2. The van der Waals surface area contributed by atoms with Crippen LogP contribution in [0.5, 0.6) is 0 Å². The number of carbonyl (C=O) groups is 2. The number of hydrogen-bond acceptors (Lipinski definition) is 4. The predicted octanol–water partition coefficient (Wildman–Crippen LogP) is 3.57. The van der Waals surface area contributed by atoms with E-state index in [0.29, 0.717) is 18.5 Å². The number of imidazole rings is 1. The van der Waals surface area contributed by atoms with Crippen molar-refractivity contribution in [3.05, 3.63) is 71.7 Å². The summed E-state index contributed by atoms with van der Waals surface area (Å²) in [6.45, 7) is 7.71. The number of benzene rings is 1. The molecule has 3 aromatic rings. The Kier molecular flexibility index (Phi) is 6.40. The first-order chi connectivity index (χ1) is 14.2. The number of fused-ring (bicyclic) bond motifs is 1. The lowest BCUT2D eigenvalue weighted by Gasteiger charge is -2.23. The molecule has 0 bridgehead atoms. The van der Waals surface area contributed by atoms with Crippen molar-refractivity contribution in [1.29, 1.82) is 0 Å². The van der Waals surface area contributed by atoms with Crippen molar-refractivity contribution in [3.8, 4) is 0 Å². The zero-order valence-electron chi connectivity index (χ0n) is 17.8. The van der Waals surface area contributed by atoms with Gasteiger partial charge in [0.1, 0.15) is 17.3 Å². The summed E-state index contributed by atoms with van der Waals surface area (Å²) < 4.78 is 7.27. The van der Waals surface area contributed by atoms with Gasteiger partial charge in [-0.25, -0.2) is 9.78 Å². The minimum atomic E-state index is -0.846. The molecule has 3 rings (SSSR count). The van der Waals surface area contributed by atoms with E-state index in [-0.39, 0.29) is 5.91 Å². The van der Waals surface area contributed by atoms with Gasteiger partial charge in [-0.3, -0.25) is 4.79 Å². The minimum Gasteiger partial charge on any atom is -0.444 e. The van der Waals surface area contributed by atoms with Gasteiger partial charge in [0.2, 0.25) is 5.91 Å². The van der Waals surface area contributed by atoms with Crippen molar-refractivity contribution in [1.82, 2.24) is 20.0 Å². The van der Waals surface area contributed by atoms with Crippen LogP contribution in [0.2, 0.25) is 0 Å². The maximum atomic E-state index is 12.9. The summed E-state index contributed by atoms with van der Waals surface area (Å²) in [5.74, 6) is -0.298. The standard InChI is InChI=1S/C23H28N4O3/c1-16-8-10-17(11-9-16)20(26-22(29)30-23(2,3)4)21(28)24-13-12-18-15-27-14-6-5-7-19(27)25-18/h5-11,14-15,20H,12-13H2,1-4H3,(H,24,28)(H,26,29)/t20-/m0/s1. The summed E-state index contributed by atoms with van der Waals surface area (Å²) in [4.78, 5) is 29.7. The lowest BCUT2D eigenvalue weighted by molar-refractivity contribution is -0.123. The molecule has 0 aliphatic carbocycles. The first-order valence-electron chi connectivity index (χ1n) is 9.98. The van der Waals surface area contributed by atoms with Gasteiger partial charge in [0, 0.05) is 25.4 Å². The van der Waals surface area contributed by atoms with Crippen molar-refractivity contribution in [2.24, 2.45) is 0 Å². The number of pyridine rings is 1. The lowest BCUT2D eigenvalue weighted by Crippen LogP contribution is -2.43. The Morgan fingerprint density at radius 2 is 1.87 bits per heavy atom. The number of amides is 2. The molecular weight excluding hydrogens is 380 g/mol. The topological polar surface area (TPSA) is 84.7 Å². The second kappa shape index (κ2) is 8.98. The monoisotopic (exact) mass is 408 g/mol. The molecule has 0 aliphatic heterocycles. The highest BCUT2D eigenvalue weighted by Crippen LogP contribution is 2.16. The summed E-state index contributed by atoms with van der Waals surface area (Å²) >= 11 is 0. The van der Waals surface area contributed by atoms with E-state index in [0.717, 1.165) is 16.9 Å². The lowest BCUT2D eigenvalue weighted by atomic mass is 10.0. The van der Waals surface area contributed by atoms with Crippen molar-refractivity contribution in [2.45, 2.75) is 45.8 Å². The van der Waals surface area contributed by atoms with Crippen LogP contribution in [0.1, 0.15) is 43.6 Å². The fourth-order valence-electron chi connectivity index (χ4n) is 3.01. The van der Waals surface area contributed by atoms with E-state index in [1.807, 2.05) is 66.2 Å². The number of nitrogens with zero attached hydrogens (tertiary/aromatic N) is 2. The molecule has 2 N–H and O–H groups in total. The molecule has 0 fully saturated rings. The highest BCUT2D eigenvalue weighted by Gasteiger charge is 2.25. The Hall–Kier alpha value is -3.35. The third-order valence-corrected chi connectivity index (χ3v) is 4.43. The van der Waals surface area contributed by atoms with Crippen molar-refractivity contribution in [3.63, 3.8) is 0 Å². The van der Waals surface area contributed by atoms with E-state index in [4.69, 9.17) is 4.74 Å². The second-order valence-electron chi connectivity index (χ2n) is 8.23. The van der Waals surface area contributed by atoms with Crippen LogP contribution in [0.25, 0.3) is 5.65 Å². The molecule has 2 aromatic heterocycles. The summed E-state index contributed by atoms with van der Waals surface area (Å²) in [7, 11) is 0. The van der Waals surface area contributed by atoms with Gasteiger partial charge in [-0.2, -0.15) is 0 Å². The third-order valence-electron chi connectivity index (χ3n) is 4.43. The fourth-order valence-corrected chi connectivity index (χ4v) is 3.01. The molecule has 7 nitrogen and oxygen atoms in total. The zero-order chi connectivity index (χ0) is 21.7. The van der Waals surface area contributed by atoms with Crippen LogP contribution in [0.4, 0.5) is 4.79 Å². The van der Waals surface area contributed by atoms with E-state index < -0.39 is 17.7 Å². The quantitative estimate of drug-likeness (QED) is 0.653. The first-order valence-corrected chi connectivity index (χ1v) is 9.98. The number of rotatable bonds is 6. The number of carbonyl (C=O) groups excluding carboxylic acids is 2. The van der Waals surface area contributed by atoms with Crippen LogP contribution in [0, 0.1) is 6.92 Å². The van der Waals surface area contributed by atoms with Crippen LogP contribution in [-0.4, -0.2) is 33.5 Å². The van der Waals surface area contributed by atoms with Crippen LogP contribution in [0.3, 0.4) is 0 Å². The van der Waals surface area contributed by atoms with E-state index >= 15 is 0 Å². The molecule has 0 spiro atoms. The maximum absolute atomic E-state index is 12.9. The average molecular weight is 409 g/mol. The number of hydrogen-bond donors (Lipinski definition) is 2. The fraction of sp³-hybridized carbons (Fsp3) is 0.348. The largest absolute Gasteiger partial charge is 0.444 e. The highest BCUT2D eigenvalue weighted by molar-refractivity contribution is 5.87. The van der Waals surface area contributed by atoms with Gasteiger partial charge in [0.15, 0.2) is 0 Å². The van der Waals surface area contributed by atoms with Crippen LogP contribution in [-0.2, 0) is 16.0 Å². The molecule has 7 heteroatoms. The van der Waals surface area contributed by atoms with Gasteiger partial charge in [-0.15, -0.1) is 0 Å². The molecule has 0 saturated heterocycles. The SMILES string of the molecule is Cc1ccc([C@H](NC(=O)OC(C)(C)C)C(=O)NCCc2cn3ccccc3n2)cc1. The average Bonchev–Trinajstić information content (AvgIpc) is 3.08. The molecule has 1 aromatic carbocycles. The Labute approximate surface area is 176 Å². The Bertz CT molecular complexity index is 986. The predicted molar refractivity (Wildman–Crippen MR) is 115 cm³/mol. The summed E-state index contributed by atoms with van der Waals surface area (Å²) in [5.41, 5.74) is 2.86. The number of nitrogens with one attached hydrogen (secondary N) is 2. The number of alkyl carbamates (subject to hydrolysis) is 1. The summed E-state index contributed by atoms with van der Waals surface area (Å²) in [5, 5.41) is 5.58. The van der Waals surface area contributed by atoms with Gasteiger partial charge < -0.3 is 19.8 Å². The molecule has 2 heterocycles. The van der Waals surface area contributed by atoms with E-state index in [1.54, 1.807) is 20.8 Å². The molecule has 1 atom stereocenters. The van der Waals surface area contributed by atoms with Gasteiger partial charge in [0.05, 0.1) is 5.69 Å². The van der Waals surface area contributed by atoms with Crippen molar-refractivity contribution < 1.29 is 14.3 Å². The van der Waals surface area contributed by atoms with E-state index in [9.17, 15) is 9.59 Å². The molecular formula is C23H28N4O3. The number of aryl methyl sites for hydroxylation is 1. The van der Waals surface area contributed by atoms with Crippen molar-refractivity contribution >= 4 is 17.6 Å². The van der Waals surface area contributed by atoms with Crippen LogP contribution in [0.15, 0.2) is 54.9 Å². The molecule has 30 heavy (non-hydrogen) atoms. The Morgan fingerprint density at radius 3 is 2.53 bits per heavy atom. The molecule has 0 radical (unpaired) electrons. The van der Waals surface area contributed by atoms with Crippen molar-refractivity contribution in [2.75, 3.05) is 6.54 Å². The van der Waals surface area contributed by atoms with Gasteiger partial charge in [-0.1, -0.05) is 35.9 Å². The van der Waals surface area contributed by atoms with Gasteiger partial charge in [0.25, 0.3) is 0 Å². The maximum Gasteiger partial charge on any atom is 0.408 e. The second-order valence-corrected chi connectivity index (χ2v) is 8.23. The smallest absolute Gasteiger partial charge is 0.408 e. The van der Waals surface area contributed by atoms with Gasteiger partial charge >= 0.3 is 6.09 Å². The minimum absolute atomic E-state index is 0.298. The molecule has 158 valence electrons. The van der Waals surface area contributed by atoms with E-state index in [1.165, 1.54) is 0 Å². The Morgan fingerprint density at radius 1 is 1.13 bits per heavy atom. The van der Waals surface area contributed by atoms with Crippen LogP contribution >= 0.6 is 0 Å². The summed E-state index contributed by atoms with van der Waals surface area (Å²) in [6, 6.07) is 12.4. The van der Waals surface area contributed by atoms with E-state index in [2.05, 4.69) is 15.6 Å². The molecule has 0 aliphatic rings.